The lowest BCUT2D eigenvalue weighted by molar-refractivity contribution is -0.125. The van der Waals surface area contributed by atoms with Crippen LogP contribution >= 0.6 is 0 Å². The fourth-order valence-corrected chi connectivity index (χ4v) is 2.09. The predicted octanol–water partition coefficient (Wildman–Crippen LogP) is 4.55. The number of nitrogens with zero attached hydrogens (tertiary/aromatic N) is 1. The molecule has 0 aliphatic carbocycles. The first kappa shape index (κ1) is 17.2. The molecule has 0 aliphatic rings. The number of unbranched alkanes of at least 4 members (excludes halogenated alkanes) is 8. The molecule has 0 saturated carbocycles. The van der Waals surface area contributed by atoms with Gasteiger partial charge in [-0.2, -0.15) is 0 Å². The number of carbonyl (C=O) groups excluding carboxylic acids is 1. The van der Waals surface area contributed by atoms with Gasteiger partial charge in [-0.15, -0.1) is 0 Å². The Bertz CT molecular complexity index is 235. The van der Waals surface area contributed by atoms with Crippen LogP contribution in [0.2, 0.25) is 0 Å². The molecule has 18 heavy (non-hydrogen) atoms. The molecule has 2 heteroatoms. The Morgan fingerprint density at radius 1 is 0.944 bits per heavy atom. The minimum atomic E-state index is 0.0783. The van der Waals surface area contributed by atoms with Crippen molar-refractivity contribution >= 4 is 5.91 Å². The van der Waals surface area contributed by atoms with E-state index in [4.69, 9.17) is 0 Å². The zero-order valence-electron chi connectivity index (χ0n) is 12.6. The zero-order valence-corrected chi connectivity index (χ0v) is 12.6. The molecule has 2 nitrogen and oxygen atoms in total. The number of rotatable bonds is 11. The number of likely N-dealkylation sites (N-methyl/N-ethyl adjacent to an activating group) is 1. The molecule has 1 amide bonds. The Labute approximate surface area is 113 Å². The van der Waals surface area contributed by atoms with Crippen molar-refractivity contribution in [2.24, 2.45) is 0 Å². The van der Waals surface area contributed by atoms with Gasteiger partial charge in [0, 0.05) is 19.2 Å². The molecule has 0 saturated heterocycles. The largest absolute Gasteiger partial charge is 0.342 e. The lowest BCUT2D eigenvalue weighted by Gasteiger charge is -2.16. The average Bonchev–Trinajstić information content (AvgIpc) is 2.35. The van der Waals surface area contributed by atoms with E-state index in [2.05, 4.69) is 13.5 Å². The summed E-state index contributed by atoms with van der Waals surface area (Å²) in [4.78, 5) is 13.3. The van der Waals surface area contributed by atoms with E-state index in [1.165, 1.54) is 51.4 Å². The van der Waals surface area contributed by atoms with E-state index >= 15 is 0 Å². The van der Waals surface area contributed by atoms with E-state index in [0.29, 0.717) is 5.57 Å². The van der Waals surface area contributed by atoms with E-state index in [0.717, 1.165) is 13.0 Å². The number of hydrogen-bond acceptors (Lipinski definition) is 1. The van der Waals surface area contributed by atoms with Crippen molar-refractivity contribution < 1.29 is 4.79 Å². The molecule has 0 heterocycles. The van der Waals surface area contributed by atoms with Crippen LogP contribution in [-0.2, 0) is 4.79 Å². The Morgan fingerprint density at radius 3 is 1.83 bits per heavy atom. The van der Waals surface area contributed by atoms with Gasteiger partial charge < -0.3 is 4.90 Å². The molecule has 0 bridgehead atoms. The minimum absolute atomic E-state index is 0.0783. The van der Waals surface area contributed by atoms with Crippen LogP contribution in [0.1, 0.15) is 71.6 Å². The second-order valence-electron chi connectivity index (χ2n) is 5.34. The molecular formula is C16H31NO. The molecular weight excluding hydrogens is 222 g/mol. The lowest BCUT2D eigenvalue weighted by Crippen LogP contribution is -2.27. The third-order valence-electron chi connectivity index (χ3n) is 3.31. The van der Waals surface area contributed by atoms with E-state index in [1.54, 1.807) is 11.8 Å². The molecule has 0 atom stereocenters. The van der Waals surface area contributed by atoms with Gasteiger partial charge in [-0.3, -0.25) is 4.79 Å². The molecule has 106 valence electrons. The van der Waals surface area contributed by atoms with E-state index < -0.39 is 0 Å². The SMILES string of the molecule is C=C(C)C(=O)N(C)CCCCCCCCCCC. The van der Waals surface area contributed by atoms with Crippen molar-refractivity contribution in [3.05, 3.63) is 12.2 Å². The highest BCUT2D eigenvalue weighted by atomic mass is 16.2. The van der Waals surface area contributed by atoms with Crippen LogP contribution in [0.25, 0.3) is 0 Å². The first-order valence-corrected chi connectivity index (χ1v) is 7.50. The van der Waals surface area contributed by atoms with E-state index in [1.807, 2.05) is 7.05 Å². The normalized spacial score (nSPS) is 10.4. The molecule has 0 aromatic heterocycles. The van der Waals surface area contributed by atoms with Crippen molar-refractivity contribution in [1.82, 2.24) is 4.90 Å². The summed E-state index contributed by atoms with van der Waals surface area (Å²) in [7, 11) is 1.86. The first-order valence-electron chi connectivity index (χ1n) is 7.50. The summed E-state index contributed by atoms with van der Waals surface area (Å²) in [6.07, 6.45) is 11.9. The molecule has 0 aromatic rings. The molecule has 0 spiro atoms. The predicted molar refractivity (Wildman–Crippen MR) is 79.7 cm³/mol. The summed E-state index contributed by atoms with van der Waals surface area (Å²) in [6, 6.07) is 0. The summed E-state index contributed by atoms with van der Waals surface area (Å²) in [5.41, 5.74) is 0.633. The third-order valence-corrected chi connectivity index (χ3v) is 3.31. The summed E-state index contributed by atoms with van der Waals surface area (Å²) in [5, 5.41) is 0. The van der Waals surface area contributed by atoms with Gasteiger partial charge in [-0.05, 0) is 13.3 Å². The Kier molecular flexibility index (Phi) is 10.8. The highest BCUT2D eigenvalue weighted by Crippen LogP contribution is 2.10. The Morgan fingerprint density at radius 2 is 1.39 bits per heavy atom. The third kappa shape index (κ3) is 9.26. The van der Waals surface area contributed by atoms with Gasteiger partial charge in [-0.25, -0.2) is 0 Å². The maximum Gasteiger partial charge on any atom is 0.248 e. The van der Waals surface area contributed by atoms with E-state index in [-0.39, 0.29) is 5.91 Å². The van der Waals surface area contributed by atoms with Crippen molar-refractivity contribution in [2.45, 2.75) is 71.6 Å². The monoisotopic (exact) mass is 253 g/mol. The summed E-state index contributed by atoms with van der Waals surface area (Å²) < 4.78 is 0. The highest BCUT2D eigenvalue weighted by molar-refractivity contribution is 5.91. The van der Waals surface area contributed by atoms with Crippen molar-refractivity contribution in [3.8, 4) is 0 Å². The maximum atomic E-state index is 11.5. The molecule has 0 fully saturated rings. The summed E-state index contributed by atoms with van der Waals surface area (Å²) in [6.45, 7) is 8.57. The minimum Gasteiger partial charge on any atom is -0.342 e. The second kappa shape index (κ2) is 11.3. The lowest BCUT2D eigenvalue weighted by atomic mass is 10.1. The average molecular weight is 253 g/mol. The Hall–Kier alpha value is -0.790. The molecule has 0 unspecified atom stereocenters. The van der Waals surface area contributed by atoms with Gasteiger partial charge in [0.2, 0.25) is 5.91 Å². The van der Waals surface area contributed by atoms with E-state index in [9.17, 15) is 4.79 Å². The smallest absolute Gasteiger partial charge is 0.248 e. The van der Waals surface area contributed by atoms with Gasteiger partial charge in [0.1, 0.15) is 0 Å². The van der Waals surface area contributed by atoms with Crippen LogP contribution in [0.5, 0.6) is 0 Å². The number of amides is 1. The standard InChI is InChI=1S/C16H31NO/c1-5-6-7-8-9-10-11-12-13-14-17(4)16(18)15(2)3/h2,5-14H2,1,3-4H3. The van der Waals surface area contributed by atoms with Crippen LogP contribution in [0, 0.1) is 0 Å². The fraction of sp³-hybridized carbons (Fsp3) is 0.812. The van der Waals surface area contributed by atoms with Crippen molar-refractivity contribution in [3.63, 3.8) is 0 Å². The molecule has 0 aliphatic heterocycles. The van der Waals surface area contributed by atoms with Gasteiger partial charge >= 0.3 is 0 Å². The molecule has 0 N–H and O–H groups in total. The summed E-state index contributed by atoms with van der Waals surface area (Å²) >= 11 is 0. The molecule has 0 rings (SSSR count). The highest BCUT2D eigenvalue weighted by Gasteiger charge is 2.07. The second-order valence-corrected chi connectivity index (χ2v) is 5.34. The quantitative estimate of drug-likeness (QED) is 0.391. The Balaban J connectivity index is 3.30. The molecule has 0 radical (unpaired) electrons. The topological polar surface area (TPSA) is 20.3 Å². The van der Waals surface area contributed by atoms with Crippen LogP contribution in [0.15, 0.2) is 12.2 Å². The van der Waals surface area contributed by atoms with Crippen molar-refractivity contribution in [2.75, 3.05) is 13.6 Å². The van der Waals surface area contributed by atoms with Crippen LogP contribution < -0.4 is 0 Å². The summed E-state index contributed by atoms with van der Waals surface area (Å²) in [5.74, 6) is 0.0783. The van der Waals surface area contributed by atoms with Gasteiger partial charge in [0.15, 0.2) is 0 Å². The van der Waals surface area contributed by atoms with Crippen LogP contribution in [-0.4, -0.2) is 24.4 Å². The van der Waals surface area contributed by atoms with Gasteiger partial charge in [-0.1, -0.05) is 64.9 Å². The first-order chi connectivity index (χ1) is 8.59. The zero-order chi connectivity index (χ0) is 13.8. The van der Waals surface area contributed by atoms with Gasteiger partial charge in [0.25, 0.3) is 0 Å². The number of carbonyl (C=O) groups is 1. The van der Waals surface area contributed by atoms with Crippen LogP contribution in [0.4, 0.5) is 0 Å². The maximum absolute atomic E-state index is 11.5. The van der Waals surface area contributed by atoms with Crippen molar-refractivity contribution in [1.29, 1.82) is 0 Å². The molecule has 0 aromatic carbocycles. The van der Waals surface area contributed by atoms with Crippen LogP contribution in [0.3, 0.4) is 0 Å². The van der Waals surface area contributed by atoms with Gasteiger partial charge in [0.05, 0.1) is 0 Å². The number of hydrogen-bond donors (Lipinski definition) is 0. The fourth-order valence-electron chi connectivity index (χ4n) is 2.09.